The highest BCUT2D eigenvalue weighted by atomic mass is 16.7. The number of hydrogen-bond acceptors (Lipinski definition) is 13. The highest BCUT2D eigenvalue weighted by Gasteiger charge is 2.32. The number of amides is 4. The van der Waals surface area contributed by atoms with Crippen LogP contribution in [0.3, 0.4) is 0 Å². The van der Waals surface area contributed by atoms with E-state index in [9.17, 15) is 33.6 Å². The lowest BCUT2D eigenvalue weighted by Gasteiger charge is -2.16. The Labute approximate surface area is 324 Å². The Hall–Kier alpha value is -3.51. The molecule has 4 amide bonds. The van der Waals surface area contributed by atoms with Gasteiger partial charge in [0.2, 0.25) is 11.8 Å². The van der Waals surface area contributed by atoms with Gasteiger partial charge in [-0.15, -0.1) is 5.06 Å². The zero-order chi connectivity index (χ0) is 42.0. The number of aliphatic carboxylic acids is 1. The van der Waals surface area contributed by atoms with Crippen molar-refractivity contribution in [2.45, 2.75) is 151 Å². The number of nitrogens with one attached hydrogen (secondary N) is 2. The fraction of sp³-hybridized carbons (Fsp3) is 0.811. The summed E-state index contributed by atoms with van der Waals surface area (Å²) < 4.78 is 21.1. The lowest BCUT2D eigenvalue weighted by atomic mass is 10.3. The number of aldehydes is 1. The number of rotatable bonds is 25. The molecule has 1 saturated heterocycles. The van der Waals surface area contributed by atoms with E-state index in [1.807, 2.05) is 55.4 Å². The van der Waals surface area contributed by atoms with Gasteiger partial charge in [0.1, 0.15) is 6.29 Å². The first kappa shape index (κ1) is 57.2. The summed E-state index contributed by atoms with van der Waals surface area (Å²) in [6.45, 7) is 19.7. The van der Waals surface area contributed by atoms with Gasteiger partial charge in [0.05, 0.1) is 0 Å². The van der Waals surface area contributed by atoms with Gasteiger partial charge in [-0.2, -0.15) is 0 Å². The van der Waals surface area contributed by atoms with E-state index in [0.717, 1.165) is 32.0 Å². The van der Waals surface area contributed by atoms with Gasteiger partial charge < -0.3 is 50.1 Å². The summed E-state index contributed by atoms with van der Waals surface area (Å²) in [5, 5.41) is 13.9. The molecule has 0 aromatic carbocycles. The number of nitrogens with zero attached hydrogens (tertiary/aromatic N) is 1. The van der Waals surface area contributed by atoms with Crippen molar-refractivity contribution in [2.75, 3.05) is 46.1 Å². The zero-order valence-corrected chi connectivity index (χ0v) is 34.2. The number of carbonyl (C=O) groups is 7. The van der Waals surface area contributed by atoms with E-state index in [-0.39, 0.29) is 45.1 Å². The van der Waals surface area contributed by atoms with Crippen LogP contribution in [-0.2, 0) is 57.3 Å². The molecule has 0 bridgehead atoms. The summed E-state index contributed by atoms with van der Waals surface area (Å²) >= 11 is 0. The van der Waals surface area contributed by atoms with Crippen molar-refractivity contribution in [3.05, 3.63) is 0 Å². The fourth-order valence-electron chi connectivity index (χ4n) is 3.76. The second kappa shape index (κ2) is 43.9. The Morgan fingerprint density at radius 3 is 1.44 bits per heavy atom. The topological polar surface area (TPSA) is 239 Å². The van der Waals surface area contributed by atoms with Crippen molar-refractivity contribution in [1.29, 1.82) is 0 Å². The summed E-state index contributed by atoms with van der Waals surface area (Å²) in [6, 6.07) is 0. The predicted molar refractivity (Wildman–Crippen MR) is 205 cm³/mol. The van der Waals surface area contributed by atoms with Gasteiger partial charge in [0.15, 0.2) is 12.6 Å². The van der Waals surface area contributed by atoms with Gasteiger partial charge in [0, 0.05) is 97.3 Å². The van der Waals surface area contributed by atoms with Crippen LogP contribution in [0.15, 0.2) is 0 Å². The summed E-state index contributed by atoms with van der Waals surface area (Å²) in [5.41, 5.74) is 5.33. The molecule has 1 aliphatic rings. The van der Waals surface area contributed by atoms with Crippen LogP contribution >= 0.6 is 0 Å². The van der Waals surface area contributed by atoms with E-state index in [2.05, 4.69) is 15.5 Å². The van der Waals surface area contributed by atoms with Gasteiger partial charge in [-0.1, -0.05) is 27.7 Å². The number of carboxylic acids is 1. The van der Waals surface area contributed by atoms with Gasteiger partial charge in [-0.25, -0.2) is 4.79 Å². The smallest absolute Gasteiger partial charge is 0.481 e. The predicted octanol–water partition coefficient (Wildman–Crippen LogP) is 4.30. The van der Waals surface area contributed by atoms with Crippen LogP contribution in [0, 0.1) is 0 Å². The van der Waals surface area contributed by atoms with Crippen molar-refractivity contribution in [3.8, 4) is 0 Å². The Balaban J connectivity index is -0.000000194. The van der Waals surface area contributed by atoms with Gasteiger partial charge in [-0.3, -0.25) is 24.0 Å². The molecule has 0 saturated carbocycles. The average molecular weight is 782 g/mol. The van der Waals surface area contributed by atoms with Gasteiger partial charge in [0.25, 0.3) is 11.8 Å². The van der Waals surface area contributed by atoms with Crippen molar-refractivity contribution >= 4 is 41.9 Å². The summed E-state index contributed by atoms with van der Waals surface area (Å²) in [6.07, 6.45) is 7.44. The molecule has 0 aliphatic carbocycles. The molecular formula is C37H73N4O13+. The zero-order valence-electron chi connectivity index (χ0n) is 35.2. The van der Waals surface area contributed by atoms with Crippen LogP contribution in [0.25, 0.3) is 0 Å². The molecule has 318 valence electrons. The first-order valence-corrected chi connectivity index (χ1v) is 19.2. The van der Waals surface area contributed by atoms with Crippen LogP contribution < -0.4 is 16.4 Å². The molecule has 0 unspecified atom stereocenters. The van der Waals surface area contributed by atoms with E-state index in [0.29, 0.717) is 89.6 Å². The van der Waals surface area contributed by atoms with E-state index in [1.54, 1.807) is 0 Å². The van der Waals surface area contributed by atoms with Crippen molar-refractivity contribution < 1.29 is 63.9 Å². The number of ether oxygens (including phenoxy) is 4. The lowest BCUT2D eigenvalue weighted by molar-refractivity contribution is -0.197. The van der Waals surface area contributed by atoms with E-state index in [1.165, 1.54) is 0 Å². The quantitative estimate of drug-likeness (QED) is 0.0438. The second-order valence-corrected chi connectivity index (χ2v) is 11.1. The number of hydrogen-bond donors (Lipinski definition) is 4. The maximum Gasteiger partial charge on any atom is 1.00 e. The molecule has 1 aliphatic heterocycles. The summed E-state index contributed by atoms with van der Waals surface area (Å²) in [4.78, 5) is 78.6. The van der Waals surface area contributed by atoms with Crippen molar-refractivity contribution in [1.82, 2.24) is 15.7 Å². The normalized spacial score (nSPS) is 11.5. The maximum absolute atomic E-state index is 11.1. The van der Waals surface area contributed by atoms with Crippen molar-refractivity contribution in [3.63, 3.8) is 0 Å². The molecule has 0 spiro atoms. The molecule has 1 fully saturated rings. The van der Waals surface area contributed by atoms with E-state index < -0.39 is 23.8 Å². The van der Waals surface area contributed by atoms with Crippen LogP contribution in [0.5, 0.6) is 0 Å². The number of carboxylic acid groups (broad SMARTS) is 1. The third-order valence-corrected chi connectivity index (χ3v) is 6.17. The minimum Gasteiger partial charge on any atom is -0.481 e. The van der Waals surface area contributed by atoms with Crippen LogP contribution in [0.4, 0.5) is 0 Å². The first-order valence-electron chi connectivity index (χ1n) is 19.2. The summed E-state index contributed by atoms with van der Waals surface area (Å²) in [5.74, 6) is -1.99. The Morgan fingerprint density at radius 2 is 1.11 bits per heavy atom. The second-order valence-electron chi connectivity index (χ2n) is 11.1. The molecule has 5 N–H and O–H groups in total. The average Bonchev–Trinajstić information content (AvgIpc) is 3.42. The third kappa shape index (κ3) is 41.2. The Kier molecular flexibility index (Phi) is 46.5. The monoisotopic (exact) mass is 782 g/mol. The first-order chi connectivity index (χ1) is 25.8. The molecule has 54 heavy (non-hydrogen) atoms. The minimum atomic E-state index is -0.711. The number of nitrogens with two attached hydrogens (primary N) is 1. The molecule has 1 rings (SSSR count). The van der Waals surface area contributed by atoms with E-state index in [4.69, 9.17) is 29.8 Å². The molecular weight excluding hydrogens is 708 g/mol. The van der Waals surface area contributed by atoms with Crippen molar-refractivity contribution in [2.24, 2.45) is 5.73 Å². The van der Waals surface area contributed by atoms with E-state index >= 15 is 0 Å². The number of hydroxylamine groups is 2. The number of carbonyl (C=O) groups excluding carboxylic acids is 6. The minimum absolute atomic E-state index is 0. The maximum atomic E-state index is 11.1. The molecule has 0 aromatic heterocycles. The third-order valence-electron chi connectivity index (χ3n) is 6.17. The fourth-order valence-corrected chi connectivity index (χ4v) is 3.76. The highest BCUT2D eigenvalue weighted by molar-refractivity contribution is 6.01. The Morgan fingerprint density at radius 1 is 0.704 bits per heavy atom. The van der Waals surface area contributed by atoms with Gasteiger partial charge in [-0.05, 0) is 59.9 Å². The molecule has 0 aromatic rings. The molecule has 0 radical (unpaired) electrons. The largest absolute Gasteiger partial charge is 1.00 e. The van der Waals surface area contributed by atoms with Crippen LogP contribution in [0.2, 0.25) is 0 Å². The Bertz CT molecular complexity index is 941. The lowest BCUT2D eigenvalue weighted by Crippen LogP contribution is -2.31. The molecule has 0 atom stereocenters. The summed E-state index contributed by atoms with van der Waals surface area (Å²) in [7, 11) is 0. The molecule has 1 heterocycles. The number of imide groups is 1. The van der Waals surface area contributed by atoms with Crippen LogP contribution in [0.1, 0.15) is 140 Å². The standard InChI is InChI=1S/C11H23NO3.C8H11NO4.C7H17NO2.C7H13NO2.C4H8O2/c1-4-7-10(13)12-9-8-11(14-5-2)15-6-3;1-2-3-8(12)13-9-6(10)4-5-7(9)11;1-3-9-7(5-6-8)10-4-2;1-2-4-7(10)8-5-3-6-9;1-2-3-4(5)6/h11H,4-9H2,1-3H3,(H,12,13);2-5H2,1H3;7H,3-6,8H2,1-2H3;6H,2-5H2,1H3,(H,8,10);2-3H2,1H3,(H,5,6)/p+1. The highest BCUT2D eigenvalue weighted by Crippen LogP contribution is 2.12. The SMILES string of the molecule is CCCC(=O)NCCC(OCC)OCC.CCCC(=O)NCCC=O.CCCC(=O)O.CCCC(=O)ON1C(=O)CCC1=O.CCOC(CCN)OCC.[H+]. The van der Waals surface area contributed by atoms with Gasteiger partial charge >= 0.3 is 13.4 Å². The molecule has 17 heteroatoms. The van der Waals surface area contributed by atoms with Crippen LogP contribution in [-0.4, -0.2) is 111 Å². The molecule has 17 nitrogen and oxygen atoms in total.